The quantitative estimate of drug-likeness (QED) is 0.603. The standard InChI is InChI=1S/C17H21FO2/c1-2-20-17(19)12-16(13-6-4-3-5-7-13)14-8-10-15(18)11-9-14/h8-13H,2-7H2,1H3. The first-order valence-corrected chi connectivity index (χ1v) is 7.35. The average Bonchev–Trinajstić information content (AvgIpc) is 2.47. The van der Waals surface area contributed by atoms with E-state index < -0.39 is 0 Å². The SMILES string of the molecule is CCOC(=O)C=C(c1ccc(F)cc1)C1CCCCC1. The van der Waals surface area contributed by atoms with Gasteiger partial charge in [-0.15, -0.1) is 0 Å². The molecule has 1 aromatic carbocycles. The van der Waals surface area contributed by atoms with Gasteiger partial charge in [-0.3, -0.25) is 0 Å². The minimum atomic E-state index is -0.308. The molecule has 1 aliphatic carbocycles. The summed E-state index contributed by atoms with van der Waals surface area (Å²) < 4.78 is 18.1. The smallest absolute Gasteiger partial charge is 0.331 e. The van der Waals surface area contributed by atoms with Crippen LogP contribution in [0.25, 0.3) is 5.57 Å². The second kappa shape index (κ2) is 7.22. The van der Waals surface area contributed by atoms with Gasteiger partial charge in [0.25, 0.3) is 0 Å². The molecule has 20 heavy (non-hydrogen) atoms. The third-order valence-electron chi connectivity index (χ3n) is 3.78. The second-order valence-corrected chi connectivity index (χ2v) is 5.19. The second-order valence-electron chi connectivity index (χ2n) is 5.19. The molecule has 0 saturated heterocycles. The topological polar surface area (TPSA) is 26.3 Å². The van der Waals surface area contributed by atoms with Crippen molar-refractivity contribution < 1.29 is 13.9 Å². The van der Waals surface area contributed by atoms with Crippen molar-refractivity contribution >= 4 is 11.5 Å². The normalized spacial score (nSPS) is 17.0. The molecule has 0 unspecified atom stereocenters. The van der Waals surface area contributed by atoms with Crippen molar-refractivity contribution in [2.75, 3.05) is 6.61 Å². The molecule has 0 radical (unpaired) electrons. The molecular weight excluding hydrogens is 255 g/mol. The Kier molecular flexibility index (Phi) is 5.33. The summed E-state index contributed by atoms with van der Waals surface area (Å²) in [4.78, 5) is 11.8. The van der Waals surface area contributed by atoms with Crippen LogP contribution in [0.5, 0.6) is 0 Å². The van der Waals surface area contributed by atoms with E-state index in [1.807, 2.05) is 0 Å². The van der Waals surface area contributed by atoms with Gasteiger partial charge in [0, 0.05) is 6.08 Å². The Hall–Kier alpha value is -1.64. The summed E-state index contributed by atoms with van der Waals surface area (Å²) in [6.07, 6.45) is 7.39. The Morgan fingerprint density at radius 3 is 2.50 bits per heavy atom. The summed E-state index contributed by atoms with van der Waals surface area (Å²) in [5.41, 5.74) is 1.91. The van der Waals surface area contributed by atoms with Crippen molar-refractivity contribution in [2.24, 2.45) is 5.92 Å². The van der Waals surface area contributed by atoms with E-state index in [-0.39, 0.29) is 11.8 Å². The van der Waals surface area contributed by atoms with Crippen molar-refractivity contribution in [3.8, 4) is 0 Å². The third kappa shape index (κ3) is 3.92. The highest BCUT2D eigenvalue weighted by Crippen LogP contribution is 2.35. The van der Waals surface area contributed by atoms with Crippen LogP contribution < -0.4 is 0 Å². The van der Waals surface area contributed by atoms with Gasteiger partial charge in [-0.25, -0.2) is 9.18 Å². The highest BCUT2D eigenvalue weighted by Gasteiger charge is 2.20. The molecule has 0 bridgehead atoms. The lowest BCUT2D eigenvalue weighted by Crippen LogP contribution is -2.11. The molecule has 0 spiro atoms. The van der Waals surface area contributed by atoms with Crippen molar-refractivity contribution in [2.45, 2.75) is 39.0 Å². The third-order valence-corrected chi connectivity index (χ3v) is 3.78. The number of carbonyl (C=O) groups is 1. The predicted molar refractivity (Wildman–Crippen MR) is 77.6 cm³/mol. The van der Waals surface area contributed by atoms with Gasteiger partial charge in [-0.05, 0) is 49.0 Å². The molecule has 0 atom stereocenters. The van der Waals surface area contributed by atoms with Crippen LogP contribution in [0.2, 0.25) is 0 Å². The van der Waals surface area contributed by atoms with Crippen LogP contribution in [0.3, 0.4) is 0 Å². The highest BCUT2D eigenvalue weighted by atomic mass is 19.1. The van der Waals surface area contributed by atoms with Crippen molar-refractivity contribution in [1.82, 2.24) is 0 Å². The van der Waals surface area contributed by atoms with Gasteiger partial charge in [0.05, 0.1) is 6.61 Å². The minimum absolute atomic E-state index is 0.257. The van der Waals surface area contributed by atoms with Crippen molar-refractivity contribution in [3.05, 3.63) is 41.7 Å². The maximum atomic E-state index is 13.1. The van der Waals surface area contributed by atoms with Crippen LogP contribution >= 0.6 is 0 Å². The van der Waals surface area contributed by atoms with E-state index in [0.29, 0.717) is 12.5 Å². The molecule has 0 amide bonds. The Bertz CT molecular complexity index is 470. The Morgan fingerprint density at radius 2 is 1.90 bits per heavy atom. The monoisotopic (exact) mass is 276 g/mol. The van der Waals surface area contributed by atoms with E-state index in [1.165, 1.54) is 31.4 Å². The molecule has 0 aromatic heterocycles. The number of allylic oxidation sites excluding steroid dienone is 1. The van der Waals surface area contributed by atoms with Crippen LogP contribution in [0.1, 0.15) is 44.6 Å². The van der Waals surface area contributed by atoms with Crippen LogP contribution in [-0.2, 0) is 9.53 Å². The van der Waals surface area contributed by atoms with E-state index >= 15 is 0 Å². The summed E-state index contributed by atoms with van der Waals surface area (Å²) in [6.45, 7) is 2.17. The maximum absolute atomic E-state index is 13.1. The molecule has 0 aliphatic heterocycles. The summed E-state index contributed by atoms with van der Waals surface area (Å²) in [6, 6.07) is 6.37. The summed E-state index contributed by atoms with van der Waals surface area (Å²) in [7, 11) is 0. The number of benzene rings is 1. The lowest BCUT2D eigenvalue weighted by molar-refractivity contribution is -0.137. The van der Waals surface area contributed by atoms with Gasteiger partial charge >= 0.3 is 5.97 Å². The molecule has 2 nitrogen and oxygen atoms in total. The molecule has 108 valence electrons. The molecule has 1 aliphatic rings. The Morgan fingerprint density at radius 1 is 1.25 bits per heavy atom. The molecule has 0 heterocycles. The van der Waals surface area contributed by atoms with Gasteiger partial charge in [-0.1, -0.05) is 31.4 Å². The minimum Gasteiger partial charge on any atom is -0.463 e. The molecular formula is C17H21FO2. The lowest BCUT2D eigenvalue weighted by Gasteiger charge is -2.24. The first-order valence-electron chi connectivity index (χ1n) is 7.35. The average molecular weight is 276 g/mol. The fourth-order valence-corrected chi connectivity index (χ4v) is 2.80. The molecule has 1 aromatic rings. The van der Waals surface area contributed by atoms with Crippen molar-refractivity contribution in [1.29, 1.82) is 0 Å². The Labute approximate surface area is 119 Å². The van der Waals surface area contributed by atoms with E-state index in [4.69, 9.17) is 4.74 Å². The van der Waals surface area contributed by atoms with Crippen LogP contribution in [0.15, 0.2) is 30.3 Å². The van der Waals surface area contributed by atoms with E-state index in [1.54, 1.807) is 25.1 Å². The van der Waals surface area contributed by atoms with Crippen LogP contribution in [0, 0.1) is 11.7 Å². The molecule has 2 rings (SSSR count). The zero-order chi connectivity index (χ0) is 14.4. The fourth-order valence-electron chi connectivity index (χ4n) is 2.80. The maximum Gasteiger partial charge on any atom is 0.331 e. The summed E-state index contributed by atoms with van der Waals surface area (Å²) in [5, 5.41) is 0. The van der Waals surface area contributed by atoms with E-state index in [2.05, 4.69) is 0 Å². The fraction of sp³-hybridized carbons (Fsp3) is 0.471. The molecule has 3 heteroatoms. The van der Waals surface area contributed by atoms with Gasteiger partial charge < -0.3 is 4.74 Å². The van der Waals surface area contributed by atoms with Crippen molar-refractivity contribution in [3.63, 3.8) is 0 Å². The first kappa shape index (κ1) is 14.8. The predicted octanol–water partition coefficient (Wildman–Crippen LogP) is 4.35. The van der Waals surface area contributed by atoms with Crippen LogP contribution in [0.4, 0.5) is 4.39 Å². The molecule has 1 saturated carbocycles. The first-order chi connectivity index (χ1) is 9.70. The summed E-state index contributed by atoms with van der Waals surface area (Å²) >= 11 is 0. The summed E-state index contributed by atoms with van der Waals surface area (Å²) in [5.74, 6) is -0.191. The number of halogens is 1. The van der Waals surface area contributed by atoms with E-state index in [9.17, 15) is 9.18 Å². The number of esters is 1. The van der Waals surface area contributed by atoms with Gasteiger partial charge in [0.2, 0.25) is 0 Å². The molecule has 0 N–H and O–H groups in total. The highest BCUT2D eigenvalue weighted by molar-refractivity contribution is 5.91. The number of ether oxygens (including phenoxy) is 1. The van der Waals surface area contributed by atoms with E-state index in [0.717, 1.165) is 24.0 Å². The zero-order valence-corrected chi connectivity index (χ0v) is 11.9. The van der Waals surface area contributed by atoms with Crippen LogP contribution in [-0.4, -0.2) is 12.6 Å². The van der Waals surface area contributed by atoms with Gasteiger partial charge in [0.1, 0.15) is 5.82 Å². The number of carbonyl (C=O) groups excluding carboxylic acids is 1. The lowest BCUT2D eigenvalue weighted by atomic mass is 9.81. The molecule has 1 fully saturated rings. The zero-order valence-electron chi connectivity index (χ0n) is 11.9. The number of rotatable bonds is 4. The van der Waals surface area contributed by atoms with Gasteiger partial charge in [-0.2, -0.15) is 0 Å². The Balaban J connectivity index is 2.27. The number of hydrogen-bond donors (Lipinski definition) is 0. The largest absolute Gasteiger partial charge is 0.463 e. The number of hydrogen-bond acceptors (Lipinski definition) is 2. The van der Waals surface area contributed by atoms with Gasteiger partial charge in [0.15, 0.2) is 0 Å².